The Morgan fingerprint density at radius 1 is 1.06 bits per heavy atom. The molecule has 2 amide bonds. The molecular weight excluding hydrogens is 448 g/mol. The number of amides is 2. The van der Waals surface area contributed by atoms with Crippen molar-refractivity contribution in [1.82, 2.24) is 5.32 Å². The van der Waals surface area contributed by atoms with Gasteiger partial charge in [-0.1, -0.05) is 11.6 Å². The third kappa shape index (κ3) is 7.78. The minimum absolute atomic E-state index is 0.154. The summed E-state index contributed by atoms with van der Waals surface area (Å²) < 4.78 is 59.6. The first-order valence-electron chi connectivity index (χ1n) is 8.59. The molecule has 2 aromatic carbocycles. The summed E-state index contributed by atoms with van der Waals surface area (Å²) in [6, 6.07) is 5.98. The number of alkyl halides is 2. The van der Waals surface area contributed by atoms with Crippen molar-refractivity contribution in [3.8, 4) is 5.75 Å². The van der Waals surface area contributed by atoms with Crippen LogP contribution in [0, 0.1) is 11.6 Å². The highest BCUT2D eigenvalue weighted by Gasteiger charge is 2.14. The van der Waals surface area contributed by atoms with E-state index in [-0.39, 0.29) is 29.4 Å². The summed E-state index contributed by atoms with van der Waals surface area (Å²) in [6.07, 6.45) is -0.312. The Morgan fingerprint density at radius 3 is 2.45 bits per heavy atom. The number of hydrogen-bond donors (Lipinski definition) is 2. The van der Waals surface area contributed by atoms with Crippen molar-refractivity contribution in [3.05, 3.63) is 58.6 Å². The van der Waals surface area contributed by atoms with E-state index in [0.717, 1.165) is 18.2 Å². The Kier molecular flexibility index (Phi) is 8.62. The maximum atomic E-state index is 13.5. The van der Waals surface area contributed by atoms with Crippen molar-refractivity contribution in [2.24, 2.45) is 0 Å². The molecule has 0 spiro atoms. The van der Waals surface area contributed by atoms with Crippen LogP contribution < -0.4 is 15.4 Å². The summed E-state index contributed by atoms with van der Waals surface area (Å²) in [6.45, 7) is -3.93. The molecule has 31 heavy (non-hydrogen) atoms. The fourth-order valence-electron chi connectivity index (χ4n) is 2.23. The van der Waals surface area contributed by atoms with Gasteiger partial charge in [0.15, 0.2) is 6.61 Å². The van der Waals surface area contributed by atoms with E-state index >= 15 is 0 Å². The van der Waals surface area contributed by atoms with Gasteiger partial charge in [0.2, 0.25) is 0 Å². The molecule has 2 N–H and O–H groups in total. The fourth-order valence-corrected chi connectivity index (χ4v) is 2.46. The molecule has 0 aliphatic heterocycles. The molecule has 0 heterocycles. The Balaban J connectivity index is 1.72. The van der Waals surface area contributed by atoms with Gasteiger partial charge in [-0.3, -0.25) is 14.4 Å². The smallest absolute Gasteiger partial charge is 0.387 e. The van der Waals surface area contributed by atoms with E-state index in [1.165, 1.54) is 12.1 Å². The Labute approximate surface area is 178 Å². The van der Waals surface area contributed by atoms with E-state index in [2.05, 4.69) is 15.4 Å². The van der Waals surface area contributed by atoms with E-state index in [1.807, 2.05) is 0 Å². The molecule has 2 rings (SSSR count). The lowest BCUT2D eigenvalue weighted by atomic mass is 10.2. The van der Waals surface area contributed by atoms with Crippen LogP contribution in [0.3, 0.4) is 0 Å². The van der Waals surface area contributed by atoms with Crippen LogP contribution in [0.4, 0.5) is 23.2 Å². The normalized spacial score (nSPS) is 10.5. The second-order valence-electron chi connectivity index (χ2n) is 5.86. The van der Waals surface area contributed by atoms with Crippen LogP contribution in [0.1, 0.15) is 16.8 Å². The van der Waals surface area contributed by atoms with Crippen LogP contribution in [-0.2, 0) is 14.3 Å². The van der Waals surface area contributed by atoms with E-state index in [9.17, 15) is 31.9 Å². The predicted octanol–water partition coefficient (Wildman–Crippen LogP) is 3.52. The summed E-state index contributed by atoms with van der Waals surface area (Å²) in [5.41, 5.74) is -0.237. The van der Waals surface area contributed by atoms with Crippen LogP contribution in [-0.4, -0.2) is 37.5 Å². The SMILES string of the molecule is O=C(COC(=O)CCNC(=O)c1ccc(F)cc1F)Nc1ccc(OC(F)F)c(Cl)c1. The average Bonchev–Trinajstić information content (AvgIpc) is 2.68. The Bertz CT molecular complexity index is 974. The molecule has 0 atom stereocenters. The largest absolute Gasteiger partial charge is 0.456 e. The molecule has 0 fully saturated rings. The van der Waals surface area contributed by atoms with Crippen molar-refractivity contribution in [1.29, 1.82) is 0 Å². The molecule has 0 aromatic heterocycles. The van der Waals surface area contributed by atoms with Crippen molar-refractivity contribution in [3.63, 3.8) is 0 Å². The molecule has 12 heteroatoms. The van der Waals surface area contributed by atoms with Gasteiger partial charge in [-0.15, -0.1) is 0 Å². The first kappa shape index (κ1) is 23.9. The zero-order valence-corrected chi connectivity index (χ0v) is 16.3. The average molecular weight is 463 g/mol. The summed E-state index contributed by atoms with van der Waals surface area (Å²) in [7, 11) is 0. The Morgan fingerprint density at radius 2 is 1.81 bits per heavy atom. The number of rotatable bonds is 9. The van der Waals surface area contributed by atoms with Crippen molar-refractivity contribution in [2.45, 2.75) is 13.0 Å². The number of nitrogens with one attached hydrogen (secondary N) is 2. The number of carbonyl (C=O) groups excluding carboxylic acids is 3. The molecule has 0 unspecified atom stereocenters. The number of hydrogen-bond acceptors (Lipinski definition) is 5. The molecule has 0 aliphatic rings. The highest BCUT2D eigenvalue weighted by atomic mass is 35.5. The van der Waals surface area contributed by atoms with Crippen LogP contribution in [0.5, 0.6) is 5.75 Å². The maximum absolute atomic E-state index is 13.5. The Hall–Kier alpha value is -3.34. The van der Waals surface area contributed by atoms with E-state index in [1.54, 1.807) is 0 Å². The molecule has 7 nitrogen and oxygen atoms in total. The van der Waals surface area contributed by atoms with Crippen molar-refractivity contribution in [2.75, 3.05) is 18.5 Å². The van der Waals surface area contributed by atoms with Gasteiger partial charge >= 0.3 is 12.6 Å². The van der Waals surface area contributed by atoms with E-state index in [4.69, 9.17) is 16.3 Å². The van der Waals surface area contributed by atoms with Crippen molar-refractivity contribution < 1.29 is 41.4 Å². The van der Waals surface area contributed by atoms with Crippen LogP contribution in [0.15, 0.2) is 36.4 Å². The molecule has 0 radical (unpaired) electrons. The minimum Gasteiger partial charge on any atom is -0.456 e. The van der Waals surface area contributed by atoms with Crippen molar-refractivity contribution >= 4 is 35.1 Å². The van der Waals surface area contributed by atoms with Gasteiger partial charge in [0.25, 0.3) is 11.8 Å². The third-order valence-corrected chi connectivity index (χ3v) is 3.88. The predicted molar refractivity (Wildman–Crippen MR) is 101 cm³/mol. The number of benzene rings is 2. The zero-order valence-electron chi connectivity index (χ0n) is 15.6. The second kappa shape index (κ2) is 11.2. The summed E-state index contributed by atoms with van der Waals surface area (Å²) in [4.78, 5) is 35.2. The summed E-state index contributed by atoms with van der Waals surface area (Å²) in [5, 5.41) is 4.44. The topological polar surface area (TPSA) is 93.7 Å². The molecular formula is C19H15ClF4N2O5. The highest BCUT2D eigenvalue weighted by molar-refractivity contribution is 6.32. The van der Waals surface area contributed by atoms with Gasteiger partial charge in [-0.2, -0.15) is 8.78 Å². The van der Waals surface area contributed by atoms with E-state index in [0.29, 0.717) is 6.07 Å². The minimum atomic E-state index is -3.06. The second-order valence-corrected chi connectivity index (χ2v) is 6.27. The standard InChI is InChI=1S/C19H15ClF4N2O5/c20-13-8-11(2-4-15(13)31-19(23)24)26-16(27)9-30-17(28)5-6-25-18(29)12-3-1-10(21)7-14(12)22/h1-4,7-8,19H,5-6,9H2,(H,25,29)(H,26,27). The van der Waals surface area contributed by atoms with Crippen LogP contribution in [0.2, 0.25) is 5.02 Å². The first-order valence-corrected chi connectivity index (χ1v) is 8.96. The number of anilines is 1. The molecule has 2 aromatic rings. The molecule has 0 bridgehead atoms. The van der Waals surface area contributed by atoms with Gasteiger partial charge in [0, 0.05) is 18.3 Å². The molecule has 166 valence electrons. The van der Waals surface area contributed by atoms with Gasteiger partial charge in [-0.05, 0) is 30.3 Å². The van der Waals surface area contributed by atoms with Gasteiger partial charge in [-0.25, -0.2) is 8.78 Å². The zero-order chi connectivity index (χ0) is 23.0. The van der Waals surface area contributed by atoms with Gasteiger partial charge in [0.05, 0.1) is 17.0 Å². The number of halogens is 5. The maximum Gasteiger partial charge on any atom is 0.387 e. The van der Waals surface area contributed by atoms with Crippen LogP contribution >= 0.6 is 11.6 Å². The van der Waals surface area contributed by atoms with E-state index < -0.39 is 48.2 Å². The molecule has 0 saturated carbocycles. The van der Waals surface area contributed by atoms with Gasteiger partial charge < -0.3 is 20.1 Å². The molecule has 0 aliphatic carbocycles. The lowest BCUT2D eigenvalue weighted by molar-refractivity contribution is -0.147. The molecule has 0 saturated heterocycles. The first-order chi connectivity index (χ1) is 14.7. The lowest BCUT2D eigenvalue weighted by Gasteiger charge is -2.10. The highest BCUT2D eigenvalue weighted by Crippen LogP contribution is 2.28. The summed E-state index contributed by atoms with van der Waals surface area (Å²) in [5.74, 6) is -4.57. The number of carbonyl (C=O) groups is 3. The van der Waals surface area contributed by atoms with Crippen LogP contribution in [0.25, 0.3) is 0 Å². The fraction of sp³-hybridized carbons (Fsp3) is 0.211. The lowest BCUT2D eigenvalue weighted by Crippen LogP contribution is -2.28. The third-order valence-electron chi connectivity index (χ3n) is 3.59. The van der Waals surface area contributed by atoms with Gasteiger partial charge in [0.1, 0.15) is 17.4 Å². The quantitative estimate of drug-likeness (QED) is 0.439. The monoisotopic (exact) mass is 462 g/mol. The summed E-state index contributed by atoms with van der Waals surface area (Å²) >= 11 is 5.76. The number of esters is 1. The number of ether oxygens (including phenoxy) is 2.